The van der Waals surface area contributed by atoms with Crippen molar-refractivity contribution in [2.45, 2.75) is 145 Å². The fourth-order valence-corrected chi connectivity index (χ4v) is 13.9. The number of carbonyl (C=O) groups is 3. The first-order valence-corrected chi connectivity index (χ1v) is 19.0. The second-order valence-corrected chi connectivity index (χ2v) is 21.3. The number of halogens is 1. The molecular formula is C31H57BrN6O6P2. The van der Waals surface area contributed by atoms with Crippen LogP contribution in [-0.2, 0) is 9.47 Å². The van der Waals surface area contributed by atoms with Crippen molar-refractivity contribution in [1.29, 1.82) is 0 Å². The maximum atomic E-state index is 13.8. The van der Waals surface area contributed by atoms with Crippen molar-refractivity contribution in [1.82, 2.24) is 29.3 Å². The highest BCUT2D eigenvalue weighted by molar-refractivity contribution is 9.10. The molecule has 1 aliphatic heterocycles. The maximum absolute atomic E-state index is 13.8. The lowest BCUT2D eigenvalue weighted by Crippen LogP contribution is -2.72. The van der Waals surface area contributed by atoms with Crippen LogP contribution in [0.4, 0.5) is 9.59 Å². The van der Waals surface area contributed by atoms with Crippen LogP contribution in [0, 0.1) is 0 Å². The lowest BCUT2D eigenvalue weighted by atomic mass is 10.1. The molecule has 1 heterocycles. The molecule has 0 atom stereocenters. The Balaban J connectivity index is 0.000000892. The fourth-order valence-electron chi connectivity index (χ4n) is 4.32. The molecule has 15 heteroatoms. The number of aromatic carboxylic acids is 1. The molecule has 46 heavy (non-hydrogen) atoms. The average molecular weight is 752 g/mol. The zero-order valence-corrected chi connectivity index (χ0v) is 33.9. The number of carboxylic acid groups (broad SMARTS) is 1. The standard InChI is InChI=1S/C24H52N6O4P2.C7H5BrO2/c1-17(2)33-19(31)25-28(20(32)34-18(3)4)36(27-22(8,9)10)29(23(11,12)13)35(26-21(5,6)7)30(36)24(14,15)16;8-6-3-1-5(2-4-6)7(9)10/h17-18,26-27H,1-16H3;1-4H,(H,9,10). The van der Waals surface area contributed by atoms with Gasteiger partial charge in [0.1, 0.15) is 0 Å². The van der Waals surface area contributed by atoms with E-state index in [-0.39, 0.29) is 34.4 Å². The van der Waals surface area contributed by atoms with Gasteiger partial charge < -0.3 is 19.4 Å². The summed E-state index contributed by atoms with van der Waals surface area (Å²) in [4.78, 5) is 37.0. The number of hydrogen-bond donors (Lipinski definition) is 3. The van der Waals surface area contributed by atoms with Crippen LogP contribution >= 0.6 is 32.2 Å². The molecule has 1 aromatic carbocycles. The number of ether oxygens (including phenoxy) is 2. The Labute approximate surface area is 287 Å². The molecule has 2 amide bonds. The van der Waals surface area contributed by atoms with E-state index in [4.69, 9.17) is 9.47 Å². The predicted molar refractivity (Wildman–Crippen MR) is 189 cm³/mol. The predicted octanol–water partition coefficient (Wildman–Crippen LogP) is 7.59. The van der Waals surface area contributed by atoms with Crippen molar-refractivity contribution < 1.29 is 29.0 Å². The van der Waals surface area contributed by atoms with E-state index in [1.54, 1.807) is 39.8 Å². The van der Waals surface area contributed by atoms with Crippen LogP contribution in [0.15, 0.2) is 28.7 Å². The Morgan fingerprint density at radius 3 is 1.57 bits per heavy atom. The van der Waals surface area contributed by atoms with E-state index in [2.05, 4.69) is 123 Å². The number of benzene rings is 1. The SMILES string of the molecule is CC(C)OC(=O)NN(C(=O)OC(C)C)[P+]1(NC(C)(C)C)N(C(C)(C)C)P(NC(C)(C)C)N1C(C)(C)C.O=C([O-])c1ccc(Br)cc1. The first kappa shape index (κ1) is 42.4. The van der Waals surface area contributed by atoms with Crippen LogP contribution in [0.3, 0.4) is 0 Å². The van der Waals surface area contributed by atoms with E-state index in [0.717, 1.165) is 4.47 Å². The Morgan fingerprint density at radius 1 is 0.804 bits per heavy atom. The van der Waals surface area contributed by atoms with Crippen LogP contribution < -0.4 is 20.7 Å². The minimum Gasteiger partial charge on any atom is -0.545 e. The Hall–Kier alpha value is -1.59. The Kier molecular flexibility index (Phi) is 14.5. The molecule has 0 saturated carbocycles. The van der Waals surface area contributed by atoms with Gasteiger partial charge in [0.15, 0.2) is 8.37 Å². The van der Waals surface area contributed by atoms with E-state index in [0.29, 0.717) is 0 Å². The van der Waals surface area contributed by atoms with Gasteiger partial charge in [-0.25, -0.2) is 9.59 Å². The van der Waals surface area contributed by atoms with Crippen molar-refractivity contribution in [3.63, 3.8) is 0 Å². The summed E-state index contributed by atoms with van der Waals surface area (Å²) in [6, 6.07) is 6.29. The van der Waals surface area contributed by atoms with Crippen LogP contribution in [-0.4, -0.2) is 66.2 Å². The molecule has 1 saturated heterocycles. The van der Waals surface area contributed by atoms with Gasteiger partial charge in [0.2, 0.25) is 0 Å². The largest absolute Gasteiger partial charge is 0.545 e. The van der Waals surface area contributed by atoms with Crippen LogP contribution in [0.1, 0.15) is 121 Å². The van der Waals surface area contributed by atoms with Crippen molar-refractivity contribution in [2.75, 3.05) is 0 Å². The molecule has 0 spiro atoms. The highest BCUT2D eigenvalue weighted by Gasteiger charge is 2.81. The monoisotopic (exact) mass is 750 g/mol. The van der Waals surface area contributed by atoms with Gasteiger partial charge in [-0.15, -0.1) is 5.09 Å². The van der Waals surface area contributed by atoms with Gasteiger partial charge in [-0.2, -0.15) is 5.43 Å². The summed E-state index contributed by atoms with van der Waals surface area (Å²) >= 11 is 3.18. The number of hydrogen-bond acceptors (Lipinski definition) is 10. The minimum atomic E-state index is -2.99. The number of nitrogens with zero attached hydrogens (tertiary/aromatic N) is 3. The summed E-state index contributed by atoms with van der Waals surface area (Å²) in [7, 11) is -4.07. The fraction of sp³-hybridized carbons (Fsp3) is 0.710. The Morgan fingerprint density at radius 2 is 1.24 bits per heavy atom. The third kappa shape index (κ3) is 12.1. The molecule has 3 N–H and O–H groups in total. The average Bonchev–Trinajstić information content (AvgIpc) is 2.77. The third-order valence-electron chi connectivity index (χ3n) is 5.42. The summed E-state index contributed by atoms with van der Waals surface area (Å²) in [6.45, 7) is 32.5. The molecule has 0 radical (unpaired) electrons. The molecule has 0 aliphatic carbocycles. The molecule has 1 aliphatic rings. The van der Waals surface area contributed by atoms with Gasteiger partial charge in [0.05, 0.1) is 29.3 Å². The summed E-state index contributed by atoms with van der Waals surface area (Å²) in [5.41, 5.74) is 1.63. The van der Waals surface area contributed by atoms with Crippen LogP contribution in [0.5, 0.6) is 0 Å². The maximum Gasteiger partial charge on any atom is 0.466 e. The molecule has 0 aromatic heterocycles. The van der Waals surface area contributed by atoms with E-state index in [1.165, 1.54) is 16.9 Å². The lowest BCUT2D eigenvalue weighted by molar-refractivity contribution is -0.255. The molecule has 0 unspecified atom stereocenters. The van der Waals surface area contributed by atoms with Gasteiger partial charge in [0.25, 0.3) is 0 Å². The number of nitrogens with one attached hydrogen (secondary N) is 3. The van der Waals surface area contributed by atoms with Crippen molar-refractivity contribution in [3.05, 3.63) is 34.3 Å². The highest BCUT2D eigenvalue weighted by Crippen LogP contribution is 2.90. The number of carbonyl (C=O) groups excluding carboxylic acids is 3. The zero-order valence-electron chi connectivity index (χ0n) is 30.5. The second-order valence-electron chi connectivity index (χ2n) is 15.6. The quantitative estimate of drug-likeness (QED) is 0.197. The summed E-state index contributed by atoms with van der Waals surface area (Å²) < 4.78 is 18.1. The zero-order chi connectivity index (χ0) is 36.2. The topological polar surface area (TPSA) is 139 Å². The van der Waals surface area contributed by atoms with E-state index < -0.39 is 39.9 Å². The second kappa shape index (κ2) is 15.7. The van der Waals surface area contributed by atoms with Crippen molar-refractivity contribution in [2.24, 2.45) is 0 Å². The van der Waals surface area contributed by atoms with Crippen LogP contribution in [0.25, 0.3) is 0 Å². The molecule has 2 rings (SSSR count). The summed E-state index contributed by atoms with van der Waals surface area (Å²) in [5.74, 6) is -1.15. The minimum absolute atomic E-state index is 0.191. The van der Waals surface area contributed by atoms with Crippen molar-refractivity contribution >= 4 is 50.3 Å². The molecule has 264 valence electrons. The highest BCUT2D eigenvalue weighted by atomic mass is 79.9. The van der Waals surface area contributed by atoms with Crippen molar-refractivity contribution in [3.8, 4) is 0 Å². The number of hydrazine groups is 1. The number of rotatable bonds is 6. The normalized spacial score (nSPS) is 19.6. The third-order valence-corrected chi connectivity index (χ3v) is 15.3. The summed E-state index contributed by atoms with van der Waals surface area (Å²) in [5, 5.41) is 17.8. The van der Waals surface area contributed by atoms with E-state index >= 15 is 0 Å². The first-order valence-electron chi connectivity index (χ1n) is 15.4. The van der Waals surface area contributed by atoms with Crippen LogP contribution in [0.2, 0.25) is 0 Å². The lowest BCUT2D eigenvalue weighted by Gasteiger charge is -2.65. The molecule has 1 fully saturated rings. The van der Waals surface area contributed by atoms with E-state index in [9.17, 15) is 19.5 Å². The molecule has 12 nitrogen and oxygen atoms in total. The van der Waals surface area contributed by atoms with Gasteiger partial charge in [-0.05, 0) is 133 Å². The van der Waals surface area contributed by atoms with Gasteiger partial charge in [-0.3, -0.25) is 5.09 Å². The summed E-state index contributed by atoms with van der Waals surface area (Å²) in [6.07, 6.45) is -2.07. The molecule has 1 aromatic rings. The van der Waals surface area contributed by atoms with Gasteiger partial charge >= 0.3 is 20.1 Å². The molecular weight excluding hydrogens is 694 g/mol. The smallest absolute Gasteiger partial charge is 0.466 e. The first-order chi connectivity index (χ1) is 20.5. The van der Waals surface area contributed by atoms with Gasteiger partial charge in [0, 0.05) is 15.6 Å². The van der Waals surface area contributed by atoms with E-state index in [1.807, 2.05) is 0 Å². The molecule has 0 bridgehead atoms. The Bertz CT molecular complexity index is 1170. The number of amides is 2. The number of carboxylic acids is 1. The van der Waals surface area contributed by atoms with Gasteiger partial charge in [-0.1, -0.05) is 36.9 Å².